The van der Waals surface area contributed by atoms with E-state index in [9.17, 15) is 0 Å². The van der Waals surface area contributed by atoms with Gasteiger partial charge in [0.05, 0.1) is 19.0 Å². The van der Waals surface area contributed by atoms with E-state index in [0.29, 0.717) is 16.9 Å². The van der Waals surface area contributed by atoms with Gasteiger partial charge in [-0.3, -0.25) is 0 Å². The van der Waals surface area contributed by atoms with Crippen LogP contribution in [0.1, 0.15) is 25.3 Å². The van der Waals surface area contributed by atoms with Crippen LogP contribution in [0.5, 0.6) is 5.88 Å². The minimum absolute atomic E-state index is 0.523. The lowest BCUT2D eigenvalue weighted by Gasteiger charge is -2.12. The molecule has 0 unspecified atom stereocenters. The molecule has 0 aliphatic rings. The van der Waals surface area contributed by atoms with Gasteiger partial charge in [-0.05, 0) is 41.9 Å². The summed E-state index contributed by atoms with van der Waals surface area (Å²) in [6.45, 7) is 4.34. The Kier molecular flexibility index (Phi) is 5.11. The number of hydrogen-bond donors (Lipinski definition) is 2. The van der Waals surface area contributed by atoms with E-state index >= 15 is 0 Å². The van der Waals surface area contributed by atoms with Crippen molar-refractivity contribution < 1.29 is 4.74 Å². The molecule has 0 amide bonds. The average Bonchev–Trinajstić information content (AvgIpc) is 2.48. The van der Waals surface area contributed by atoms with Gasteiger partial charge in [0, 0.05) is 11.8 Å². The Balaban J connectivity index is 1.94. The molecule has 0 aliphatic heterocycles. The van der Waals surface area contributed by atoms with Gasteiger partial charge >= 0.3 is 0 Å². The van der Waals surface area contributed by atoms with Gasteiger partial charge in [-0.25, -0.2) is 4.98 Å². The molecule has 1 aromatic carbocycles. The monoisotopic (exact) mass is 301 g/mol. The van der Waals surface area contributed by atoms with Crippen LogP contribution >= 0.6 is 12.2 Å². The van der Waals surface area contributed by atoms with Crippen LogP contribution in [0, 0.1) is 0 Å². The number of anilines is 2. The number of rotatable bonds is 4. The van der Waals surface area contributed by atoms with Crippen molar-refractivity contribution in [1.82, 2.24) is 4.98 Å². The predicted octanol–water partition coefficient (Wildman–Crippen LogP) is 4.02. The molecule has 21 heavy (non-hydrogen) atoms. The number of nitrogens with zero attached hydrogens (tertiary/aromatic N) is 1. The van der Waals surface area contributed by atoms with Crippen molar-refractivity contribution in [3.05, 3.63) is 48.2 Å². The number of hydrogen-bond acceptors (Lipinski definition) is 3. The fourth-order valence-corrected chi connectivity index (χ4v) is 2.06. The predicted molar refractivity (Wildman–Crippen MR) is 91.2 cm³/mol. The highest BCUT2D eigenvalue weighted by Crippen LogP contribution is 2.17. The Labute approximate surface area is 130 Å². The molecule has 0 saturated heterocycles. The molecule has 110 valence electrons. The number of pyridine rings is 1. The zero-order chi connectivity index (χ0) is 15.2. The second kappa shape index (κ2) is 7.04. The summed E-state index contributed by atoms with van der Waals surface area (Å²) in [4.78, 5) is 4.12. The van der Waals surface area contributed by atoms with Crippen LogP contribution in [0.15, 0.2) is 42.6 Å². The highest BCUT2D eigenvalue weighted by molar-refractivity contribution is 7.80. The molecule has 1 heterocycles. The molecule has 0 aliphatic carbocycles. The highest BCUT2D eigenvalue weighted by Gasteiger charge is 2.02. The van der Waals surface area contributed by atoms with E-state index in [0.717, 1.165) is 11.4 Å². The summed E-state index contributed by atoms with van der Waals surface area (Å²) in [5.41, 5.74) is 3.07. The van der Waals surface area contributed by atoms with Gasteiger partial charge < -0.3 is 15.4 Å². The van der Waals surface area contributed by atoms with E-state index in [1.54, 1.807) is 19.4 Å². The van der Waals surface area contributed by atoms with Crippen molar-refractivity contribution in [1.29, 1.82) is 0 Å². The molecular formula is C16H19N3OS. The molecule has 0 spiro atoms. The normalized spacial score (nSPS) is 10.3. The quantitative estimate of drug-likeness (QED) is 0.835. The third-order valence-corrected chi connectivity index (χ3v) is 3.24. The Morgan fingerprint density at radius 1 is 1.05 bits per heavy atom. The molecule has 2 N–H and O–H groups in total. The van der Waals surface area contributed by atoms with Gasteiger partial charge in [0.15, 0.2) is 5.11 Å². The lowest BCUT2D eigenvalue weighted by Crippen LogP contribution is -2.19. The summed E-state index contributed by atoms with van der Waals surface area (Å²) in [6, 6.07) is 11.9. The van der Waals surface area contributed by atoms with Gasteiger partial charge in [-0.1, -0.05) is 26.0 Å². The molecule has 4 nitrogen and oxygen atoms in total. The van der Waals surface area contributed by atoms with Gasteiger partial charge in [0.25, 0.3) is 0 Å². The zero-order valence-electron chi connectivity index (χ0n) is 12.4. The van der Waals surface area contributed by atoms with Crippen LogP contribution in [0.25, 0.3) is 0 Å². The molecule has 0 fully saturated rings. The van der Waals surface area contributed by atoms with Gasteiger partial charge in [0.2, 0.25) is 5.88 Å². The number of methoxy groups -OCH3 is 1. The van der Waals surface area contributed by atoms with Crippen LogP contribution in [-0.2, 0) is 0 Å². The maximum Gasteiger partial charge on any atom is 0.213 e. The summed E-state index contributed by atoms with van der Waals surface area (Å²) >= 11 is 5.28. The lowest BCUT2D eigenvalue weighted by atomic mass is 10.0. The number of benzene rings is 1. The first-order chi connectivity index (χ1) is 10.1. The molecule has 1 aromatic heterocycles. The molecular weight excluding hydrogens is 282 g/mol. The summed E-state index contributed by atoms with van der Waals surface area (Å²) in [7, 11) is 1.59. The fourth-order valence-electron chi connectivity index (χ4n) is 1.82. The molecule has 2 rings (SSSR count). The summed E-state index contributed by atoms with van der Waals surface area (Å²) in [5, 5.41) is 6.75. The molecule has 5 heteroatoms. The first-order valence-electron chi connectivity index (χ1n) is 6.76. The Morgan fingerprint density at radius 2 is 1.67 bits per heavy atom. The van der Waals surface area contributed by atoms with Crippen molar-refractivity contribution >= 4 is 28.7 Å². The van der Waals surface area contributed by atoms with Crippen molar-refractivity contribution in [3.8, 4) is 5.88 Å². The molecule has 0 atom stereocenters. The Morgan fingerprint density at radius 3 is 2.19 bits per heavy atom. The van der Waals surface area contributed by atoms with Crippen molar-refractivity contribution in [2.24, 2.45) is 0 Å². The summed E-state index contributed by atoms with van der Waals surface area (Å²) in [6.07, 6.45) is 1.68. The number of aromatic nitrogens is 1. The van der Waals surface area contributed by atoms with E-state index in [4.69, 9.17) is 17.0 Å². The fraction of sp³-hybridized carbons (Fsp3) is 0.250. The summed E-state index contributed by atoms with van der Waals surface area (Å²) in [5.74, 6) is 1.10. The molecule has 0 saturated carbocycles. The van der Waals surface area contributed by atoms with E-state index in [-0.39, 0.29) is 0 Å². The lowest BCUT2D eigenvalue weighted by molar-refractivity contribution is 0.398. The standard InChI is InChI=1S/C16H19N3OS/c1-11(2)12-4-6-13(7-5-12)18-16(21)19-14-8-9-15(20-3)17-10-14/h4-11H,1-3H3,(H2,18,19,21). The maximum absolute atomic E-state index is 5.28. The number of thiocarbonyl (C=S) groups is 1. The van der Waals surface area contributed by atoms with Crippen LogP contribution in [-0.4, -0.2) is 17.2 Å². The molecule has 0 bridgehead atoms. The SMILES string of the molecule is COc1ccc(NC(=S)Nc2ccc(C(C)C)cc2)cn1. The Bertz CT molecular complexity index is 594. The van der Waals surface area contributed by atoms with Crippen LogP contribution in [0.3, 0.4) is 0 Å². The van der Waals surface area contributed by atoms with Gasteiger partial charge in [-0.15, -0.1) is 0 Å². The van der Waals surface area contributed by atoms with Crippen molar-refractivity contribution in [3.63, 3.8) is 0 Å². The van der Waals surface area contributed by atoms with Crippen molar-refractivity contribution in [2.75, 3.05) is 17.7 Å². The smallest absolute Gasteiger partial charge is 0.213 e. The topological polar surface area (TPSA) is 46.2 Å². The Hall–Kier alpha value is -2.14. The van der Waals surface area contributed by atoms with E-state index in [1.807, 2.05) is 18.2 Å². The van der Waals surface area contributed by atoms with Crippen molar-refractivity contribution in [2.45, 2.75) is 19.8 Å². The minimum Gasteiger partial charge on any atom is -0.481 e. The highest BCUT2D eigenvalue weighted by atomic mass is 32.1. The third-order valence-electron chi connectivity index (χ3n) is 3.04. The van der Waals surface area contributed by atoms with Crippen LogP contribution < -0.4 is 15.4 Å². The van der Waals surface area contributed by atoms with E-state index in [1.165, 1.54) is 5.56 Å². The second-order valence-corrected chi connectivity index (χ2v) is 5.35. The van der Waals surface area contributed by atoms with E-state index in [2.05, 4.69) is 41.6 Å². The molecule has 0 radical (unpaired) electrons. The maximum atomic E-state index is 5.28. The van der Waals surface area contributed by atoms with Gasteiger partial charge in [0.1, 0.15) is 0 Å². The largest absolute Gasteiger partial charge is 0.481 e. The minimum atomic E-state index is 0.523. The van der Waals surface area contributed by atoms with E-state index < -0.39 is 0 Å². The second-order valence-electron chi connectivity index (χ2n) is 4.95. The number of ether oxygens (including phenoxy) is 1. The first kappa shape index (κ1) is 15.3. The van der Waals surface area contributed by atoms with Crippen LogP contribution in [0.2, 0.25) is 0 Å². The third kappa shape index (κ3) is 4.43. The zero-order valence-corrected chi connectivity index (χ0v) is 13.2. The summed E-state index contributed by atoms with van der Waals surface area (Å²) < 4.78 is 5.01. The number of nitrogens with one attached hydrogen (secondary N) is 2. The van der Waals surface area contributed by atoms with Gasteiger partial charge in [-0.2, -0.15) is 0 Å². The molecule has 2 aromatic rings. The van der Waals surface area contributed by atoms with Crippen LogP contribution in [0.4, 0.5) is 11.4 Å². The average molecular weight is 301 g/mol. The first-order valence-corrected chi connectivity index (χ1v) is 7.17.